The molecule has 0 fully saturated rings. The number of rotatable bonds is 1. The second-order valence-electron chi connectivity index (χ2n) is 4.87. The lowest BCUT2D eigenvalue weighted by Gasteiger charge is -2.11. The van der Waals surface area contributed by atoms with Crippen molar-refractivity contribution in [2.45, 2.75) is 25.6 Å². The molecule has 0 spiro atoms. The smallest absolute Gasteiger partial charge is 0.326 e. The van der Waals surface area contributed by atoms with E-state index in [2.05, 4.69) is 10.4 Å². The predicted octanol–water partition coefficient (Wildman–Crippen LogP) is 3.30. The Bertz CT molecular complexity index is 691. The first-order chi connectivity index (χ1) is 9.95. The monoisotopic (exact) mass is 295 g/mol. The summed E-state index contributed by atoms with van der Waals surface area (Å²) in [4.78, 5) is 11.6. The maximum Gasteiger partial charge on any atom is 0.504 e. The molecular weight excluding hydrogens is 283 g/mol. The van der Waals surface area contributed by atoms with Gasteiger partial charge in [-0.25, -0.2) is 0 Å². The highest BCUT2D eigenvalue weighted by atomic mass is 19.4. The predicted molar refractivity (Wildman–Crippen MR) is 70.5 cm³/mol. The number of anilines is 1. The van der Waals surface area contributed by atoms with Gasteiger partial charge in [0.25, 0.3) is 0 Å². The third-order valence-electron chi connectivity index (χ3n) is 3.43. The van der Waals surface area contributed by atoms with Crippen LogP contribution in [-0.4, -0.2) is 15.7 Å². The number of alkyl halides is 3. The summed E-state index contributed by atoms with van der Waals surface area (Å²) in [5.41, 5.74) is 2.57. The van der Waals surface area contributed by atoms with Crippen molar-refractivity contribution in [3.8, 4) is 11.1 Å². The van der Waals surface area contributed by atoms with Gasteiger partial charge in [-0.2, -0.15) is 9.78 Å². The Morgan fingerprint density at radius 1 is 1.24 bits per heavy atom. The Morgan fingerprint density at radius 2 is 2.05 bits per heavy atom. The molecule has 110 valence electrons. The van der Waals surface area contributed by atoms with E-state index in [1.165, 1.54) is 6.20 Å². The summed E-state index contributed by atoms with van der Waals surface area (Å²) >= 11 is 0. The van der Waals surface area contributed by atoms with Crippen molar-refractivity contribution in [2.75, 3.05) is 5.32 Å². The fourth-order valence-corrected chi connectivity index (χ4v) is 2.48. The first-order valence-corrected chi connectivity index (χ1v) is 6.49. The van der Waals surface area contributed by atoms with Crippen molar-refractivity contribution in [1.82, 2.24) is 9.78 Å². The Labute approximate surface area is 118 Å². The van der Waals surface area contributed by atoms with Crippen LogP contribution in [0, 0.1) is 0 Å². The van der Waals surface area contributed by atoms with Gasteiger partial charge >= 0.3 is 6.30 Å². The van der Waals surface area contributed by atoms with Crippen molar-refractivity contribution < 1.29 is 18.0 Å². The second-order valence-corrected chi connectivity index (χ2v) is 4.87. The molecule has 1 aliphatic heterocycles. The normalized spacial score (nSPS) is 15.3. The van der Waals surface area contributed by atoms with E-state index in [0.29, 0.717) is 36.1 Å². The fourth-order valence-electron chi connectivity index (χ4n) is 2.48. The third kappa shape index (κ3) is 2.63. The summed E-state index contributed by atoms with van der Waals surface area (Å²) < 4.78 is 37.8. The number of aromatic nitrogens is 2. The summed E-state index contributed by atoms with van der Waals surface area (Å²) in [5.74, 6) is -0.0723. The molecule has 0 aliphatic carbocycles. The molecule has 0 bridgehead atoms. The molecule has 3 rings (SSSR count). The number of carbonyl (C=O) groups is 1. The zero-order chi connectivity index (χ0) is 15.0. The van der Waals surface area contributed by atoms with Crippen LogP contribution in [0.4, 0.5) is 18.9 Å². The number of hydrogen-bond acceptors (Lipinski definition) is 2. The zero-order valence-corrected chi connectivity index (χ0v) is 10.9. The van der Waals surface area contributed by atoms with Crippen LogP contribution in [0.2, 0.25) is 0 Å². The third-order valence-corrected chi connectivity index (χ3v) is 3.43. The molecule has 0 radical (unpaired) electrons. The van der Waals surface area contributed by atoms with Gasteiger partial charge in [-0.3, -0.25) is 4.79 Å². The van der Waals surface area contributed by atoms with Crippen LogP contribution in [0.25, 0.3) is 11.1 Å². The summed E-state index contributed by atoms with van der Waals surface area (Å²) in [7, 11) is 0. The lowest BCUT2D eigenvalue weighted by Crippen LogP contribution is -2.16. The van der Waals surface area contributed by atoms with E-state index in [-0.39, 0.29) is 10.6 Å². The molecule has 0 unspecified atom stereocenters. The van der Waals surface area contributed by atoms with Crippen LogP contribution in [0.1, 0.15) is 18.4 Å². The average Bonchev–Trinajstić information content (AvgIpc) is 2.82. The molecule has 1 aromatic heterocycles. The van der Waals surface area contributed by atoms with E-state index >= 15 is 0 Å². The lowest BCUT2D eigenvalue weighted by molar-refractivity contribution is -0.212. The first kappa shape index (κ1) is 13.7. The van der Waals surface area contributed by atoms with Gasteiger partial charge in [-0.05, 0) is 30.0 Å². The first-order valence-electron chi connectivity index (χ1n) is 6.49. The number of benzene rings is 1. The van der Waals surface area contributed by atoms with Crippen LogP contribution >= 0.6 is 0 Å². The van der Waals surface area contributed by atoms with Crippen molar-refractivity contribution in [3.63, 3.8) is 0 Å². The minimum absolute atomic E-state index is 0.0169. The minimum Gasteiger partial charge on any atom is -0.326 e. The minimum atomic E-state index is -4.53. The Balaban J connectivity index is 2.05. The molecule has 0 saturated heterocycles. The highest BCUT2D eigenvalue weighted by molar-refractivity contribution is 5.93. The SMILES string of the molecule is O=C1CCCc2c(cccc2-c2cnn(C(F)(F)F)c2)N1. The molecule has 1 amide bonds. The molecule has 1 N–H and O–H groups in total. The Morgan fingerprint density at radius 3 is 2.76 bits per heavy atom. The molecule has 2 heterocycles. The molecule has 1 aliphatic rings. The molecule has 21 heavy (non-hydrogen) atoms. The van der Waals surface area contributed by atoms with Gasteiger partial charge in [0.15, 0.2) is 0 Å². The Hall–Kier alpha value is -2.31. The van der Waals surface area contributed by atoms with Crippen LogP contribution in [0.15, 0.2) is 30.6 Å². The number of fused-ring (bicyclic) bond motifs is 1. The van der Waals surface area contributed by atoms with Gasteiger partial charge in [0.2, 0.25) is 5.91 Å². The topological polar surface area (TPSA) is 46.9 Å². The van der Waals surface area contributed by atoms with Crippen LogP contribution in [0.5, 0.6) is 0 Å². The second kappa shape index (κ2) is 4.91. The summed E-state index contributed by atoms with van der Waals surface area (Å²) in [6.07, 6.45) is -0.656. The molecule has 7 heteroatoms. The largest absolute Gasteiger partial charge is 0.504 e. The van der Waals surface area contributed by atoms with Crippen molar-refractivity contribution in [3.05, 3.63) is 36.2 Å². The van der Waals surface area contributed by atoms with E-state index in [0.717, 1.165) is 11.8 Å². The molecular formula is C14H12F3N3O. The van der Waals surface area contributed by atoms with Gasteiger partial charge in [-0.1, -0.05) is 12.1 Å². The molecule has 1 aromatic carbocycles. The zero-order valence-electron chi connectivity index (χ0n) is 10.9. The van der Waals surface area contributed by atoms with Crippen molar-refractivity contribution in [1.29, 1.82) is 0 Å². The maximum atomic E-state index is 12.6. The summed E-state index contributed by atoms with van der Waals surface area (Å²) in [6.45, 7) is 0. The van der Waals surface area contributed by atoms with Crippen LogP contribution in [-0.2, 0) is 17.5 Å². The van der Waals surface area contributed by atoms with Crippen LogP contribution in [0.3, 0.4) is 0 Å². The molecule has 2 aromatic rings. The standard InChI is InChI=1S/C14H12F3N3O/c15-14(16,17)20-8-9(7-18-20)10-3-1-5-12-11(10)4-2-6-13(21)19-12/h1,3,5,7-8H,2,4,6H2,(H,19,21). The number of hydrogen-bond donors (Lipinski definition) is 1. The molecule has 4 nitrogen and oxygen atoms in total. The van der Waals surface area contributed by atoms with Gasteiger partial charge < -0.3 is 5.32 Å². The fraction of sp³-hybridized carbons (Fsp3) is 0.286. The maximum absolute atomic E-state index is 12.6. The number of nitrogens with one attached hydrogen (secondary N) is 1. The number of halogens is 3. The lowest BCUT2D eigenvalue weighted by atomic mass is 9.97. The van der Waals surface area contributed by atoms with Gasteiger partial charge in [0.05, 0.1) is 6.20 Å². The van der Waals surface area contributed by atoms with E-state index in [1.54, 1.807) is 18.2 Å². The van der Waals surface area contributed by atoms with E-state index in [1.807, 2.05) is 0 Å². The van der Waals surface area contributed by atoms with E-state index < -0.39 is 6.30 Å². The van der Waals surface area contributed by atoms with Crippen molar-refractivity contribution in [2.24, 2.45) is 0 Å². The quantitative estimate of drug-likeness (QED) is 0.877. The van der Waals surface area contributed by atoms with Crippen molar-refractivity contribution >= 4 is 11.6 Å². The average molecular weight is 295 g/mol. The molecule has 0 atom stereocenters. The molecule has 0 saturated carbocycles. The van der Waals surface area contributed by atoms with Gasteiger partial charge in [-0.15, -0.1) is 13.2 Å². The summed E-state index contributed by atoms with van der Waals surface area (Å²) in [5, 5.41) is 6.14. The van der Waals surface area contributed by atoms with Crippen LogP contribution < -0.4 is 5.32 Å². The highest BCUT2D eigenvalue weighted by Gasteiger charge is 2.32. The number of amides is 1. The Kier molecular flexibility index (Phi) is 3.19. The van der Waals surface area contributed by atoms with E-state index in [9.17, 15) is 18.0 Å². The van der Waals surface area contributed by atoms with E-state index in [4.69, 9.17) is 0 Å². The number of nitrogens with zero attached hydrogens (tertiary/aromatic N) is 2. The number of carbonyl (C=O) groups excluding carboxylic acids is 1. The highest BCUT2D eigenvalue weighted by Crippen LogP contribution is 2.33. The van der Waals surface area contributed by atoms with Gasteiger partial charge in [0, 0.05) is 23.9 Å². The summed E-state index contributed by atoms with van der Waals surface area (Å²) in [6, 6.07) is 5.22. The van der Waals surface area contributed by atoms with Gasteiger partial charge in [0.1, 0.15) is 0 Å².